The lowest BCUT2D eigenvalue weighted by atomic mass is 10.2. The number of nitrogens with one attached hydrogen (secondary N) is 1. The highest BCUT2D eigenvalue weighted by Gasteiger charge is 2.41. The van der Waals surface area contributed by atoms with Gasteiger partial charge in [0, 0.05) is 16.6 Å². The maximum absolute atomic E-state index is 12.4. The Labute approximate surface area is 151 Å². The molecule has 0 saturated carbocycles. The van der Waals surface area contributed by atoms with Gasteiger partial charge in [-0.15, -0.1) is 0 Å². The maximum atomic E-state index is 12.4. The molecule has 1 aliphatic rings. The summed E-state index contributed by atoms with van der Waals surface area (Å²) < 4.78 is 0.908. The molecule has 2 aromatic carbocycles. The summed E-state index contributed by atoms with van der Waals surface area (Å²) in [5.74, 6) is -0.659. The van der Waals surface area contributed by atoms with Gasteiger partial charge in [0.05, 0.1) is 5.69 Å². The zero-order valence-corrected chi connectivity index (χ0v) is 14.8. The third kappa shape index (κ3) is 3.68. The lowest BCUT2D eigenvalue weighted by molar-refractivity contribution is -0.121. The van der Waals surface area contributed by atoms with Crippen LogP contribution in [0.1, 0.15) is 6.42 Å². The number of rotatable bonds is 4. The van der Waals surface area contributed by atoms with E-state index in [1.54, 1.807) is 36.4 Å². The molecule has 0 spiro atoms. The number of hydrogen-bond acceptors (Lipinski definition) is 4. The van der Waals surface area contributed by atoms with Crippen LogP contribution in [0.25, 0.3) is 0 Å². The number of amides is 3. The van der Waals surface area contributed by atoms with Gasteiger partial charge in [-0.25, -0.2) is 4.90 Å². The number of benzene rings is 2. The van der Waals surface area contributed by atoms with Gasteiger partial charge < -0.3 is 5.32 Å². The first-order chi connectivity index (χ1) is 11.5. The quantitative estimate of drug-likeness (QED) is 0.834. The number of thioether (sulfide) groups is 1. The summed E-state index contributed by atoms with van der Waals surface area (Å²) in [5.41, 5.74) is 1.17. The smallest absolute Gasteiger partial charge is 0.293 e. The summed E-state index contributed by atoms with van der Waals surface area (Å²) >= 11 is 4.21. The van der Waals surface area contributed by atoms with E-state index in [2.05, 4.69) is 21.2 Å². The zero-order chi connectivity index (χ0) is 17.1. The summed E-state index contributed by atoms with van der Waals surface area (Å²) in [6, 6.07) is 15.9. The lowest BCUT2D eigenvalue weighted by Crippen LogP contribution is -2.32. The molecule has 1 N–H and O–H groups in total. The number of nitrogens with zero attached hydrogens (tertiary/aromatic N) is 1. The summed E-state index contributed by atoms with van der Waals surface area (Å²) in [4.78, 5) is 37.8. The van der Waals surface area contributed by atoms with E-state index in [0.717, 1.165) is 21.1 Å². The zero-order valence-electron chi connectivity index (χ0n) is 12.4. The van der Waals surface area contributed by atoms with E-state index in [9.17, 15) is 14.4 Å². The van der Waals surface area contributed by atoms with Crippen LogP contribution >= 0.6 is 27.7 Å². The highest BCUT2D eigenvalue weighted by atomic mass is 79.9. The number of carbonyl (C=O) groups excluding carboxylic acids is 3. The van der Waals surface area contributed by atoms with Crippen LogP contribution in [0.3, 0.4) is 0 Å². The first-order valence-corrected chi connectivity index (χ1v) is 8.87. The first-order valence-electron chi connectivity index (χ1n) is 7.19. The number of para-hydroxylation sites is 1. The number of halogens is 1. The fraction of sp³-hybridized carbons (Fsp3) is 0.118. The normalized spacial score (nSPS) is 17.2. The minimum absolute atomic E-state index is 0.0470. The molecular weight excluding hydrogens is 392 g/mol. The largest absolute Gasteiger partial charge is 0.326 e. The molecule has 3 amide bonds. The van der Waals surface area contributed by atoms with Gasteiger partial charge in [-0.05, 0) is 48.2 Å². The van der Waals surface area contributed by atoms with E-state index < -0.39 is 5.25 Å². The van der Waals surface area contributed by atoms with E-state index in [-0.39, 0.29) is 23.5 Å². The monoisotopic (exact) mass is 404 g/mol. The van der Waals surface area contributed by atoms with Crippen molar-refractivity contribution in [1.82, 2.24) is 0 Å². The highest BCUT2D eigenvalue weighted by Crippen LogP contribution is 2.33. The second kappa shape index (κ2) is 7.19. The van der Waals surface area contributed by atoms with Crippen LogP contribution < -0.4 is 10.2 Å². The predicted molar refractivity (Wildman–Crippen MR) is 98.1 cm³/mol. The molecule has 5 nitrogen and oxygen atoms in total. The molecule has 7 heteroatoms. The van der Waals surface area contributed by atoms with Crippen LogP contribution in [0.15, 0.2) is 59.1 Å². The predicted octanol–water partition coefficient (Wildman–Crippen LogP) is 4.05. The van der Waals surface area contributed by atoms with Crippen LogP contribution in [0.5, 0.6) is 0 Å². The van der Waals surface area contributed by atoms with Gasteiger partial charge in [-0.2, -0.15) is 0 Å². The van der Waals surface area contributed by atoms with Gasteiger partial charge in [0.2, 0.25) is 11.8 Å². The molecule has 2 aromatic rings. The van der Waals surface area contributed by atoms with Crippen LogP contribution in [-0.2, 0) is 9.59 Å². The van der Waals surface area contributed by atoms with Crippen molar-refractivity contribution in [1.29, 1.82) is 0 Å². The van der Waals surface area contributed by atoms with Crippen LogP contribution in [0.4, 0.5) is 16.2 Å². The average molecular weight is 405 g/mol. The fourth-order valence-electron chi connectivity index (χ4n) is 2.31. The van der Waals surface area contributed by atoms with Gasteiger partial charge >= 0.3 is 0 Å². The van der Waals surface area contributed by atoms with Crippen molar-refractivity contribution in [2.75, 3.05) is 10.2 Å². The van der Waals surface area contributed by atoms with E-state index in [4.69, 9.17) is 0 Å². The minimum Gasteiger partial charge on any atom is -0.326 e. The molecular formula is C17H13BrN2O3S. The molecule has 1 heterocycles. The third-order valence-corrected chi connectivity index (χ3v) is 5.00. The molecule has 0 unspecified atom stereocenters. The van der Waals surface area contributed by atoms with Gasteiger partial charge in [0.1, 0.15) is 5.25 Å². The van der Waals surface area contributed by atoms with E-state index in [1.165, 1.54) is 0 Å². The second-order valence-electron chi connectivity index (χ2n) is 5.14. The van der Waals surface area contributed by atoms with Crippen molar-refractivity contribution >= 4 is 56.1 Å². The number of imide groups is 1. The summed E-state index contributed by atoms with van der Waals surface area (Å²) in [5, 5.41) is 1.68. The maximum Gasteiger partial charge on any atom is 0.293 e. The number of carbonyl (C=O) groups is 3. The Morgan fingerprint density at radius 3 is 2.42 bits per heavy atom. The Morgan fingerprint density at radius 2 is 1.75 bits per heavy atom. The van der Waals surface area contributed by atoms with E-state index in [0.29, 0.717) is 11.4 Å². The molecule has 0 aliphatic carbocycles. The minimum atomic E-state index is -0.701. The molecule has 0 bridgehead atoms. The molecule has 1 saturated heterocycles. The van der Waals surface area contributed by atoms with Gasteiger partial charge in [-0.1, -0.05) is 34.1 Å². The Hall–Kier alpha value is -2.12. The number of anilines is 2. The average Bonchev–Trinajstić information content (AvgIpc) is 2.84. The molecule has 1 aliphatic heterocycles. The van der Waals surface area contributed by atoms with E-state index >= 15 is 0 Å². The van der Waals surface area contributed by atoms with Crippen molar-refractivity contribution < 1.29 is 14.4 Å². The fourth-order valence-corrected chi connectivity index (χ4v) is 3.56. The Balaban J connectivity index is 1.65. The van der Waals surface area contributed by atoms with Crippen LogP contribution in [-0.4, -0.2) is 22.3 Å². The van der Waals surface area contributed by atoms with Crippen molar-refractivity contribution in [3.05, 3.63) is 59.1 Å². The van der Waals surface area contributed by atoms with Crippen molar-refractivity contribution in [3.63, 3.8) is 0 Å². The Kier molecular flexibility index (Phi) is 5.01. The topological polar surface area (TPSA) is 66.5 Å². The van der Waals surface area contributed by atoms with E-state index in [1.807, 2.05) is 18.2 Å². The first kappa shape index (κ1) is 16.7. The molecule has 24 heavy (non-hydrogen) atoms. The van der Waals surface area contributed by atoms with Crippen LogP contribution in [0.2, 0.25) is 0 Å². The second-order valence-corrected chi connectivity index (χ2v) is 7.21. The van der Waals surface area contributed by atoms with Gasteiger partial charge in [-0.3, -0.25) is 14.4 Å². The number of hydrogen-bond donors (Lipinski definition) is 1. The molecule has 1 fully saturated rings. The molecule has 1 atom stereocenters. The lowest BCUT2D eigenvalue weighted by Gasteiger charge is -2.13. The van der Waals surface area contributed by atoms with Gasteiger partial charge in [0.25, 0.3) is 5.24 Å². The molecule has 0 radical (unpaired) electrons. The summed E-state index contributed by atoms with van der Waals surface area (Å²) in [7, 11) is 0. The summed E-state index contributed by atoms with van der Waals surface area (Å²) in [6.45, 7) is 0. The van der Waals surface area contributed by atoms with Crippen molar-refractivity contribution in [3.8, 4) is 0 Å². The van der Waals surface area contributed by atoms with Gasteiger partial charge in [0.15, 0.2) is 0 Å². The molecule has 3 rings (SSSR count). The Morgan fingerprint density at radius 1 is 1.08 bits per heavy atom. The van der Waals surface area contributed by atoms with Crippen molar-refractivity contribution in [2.45, 2.75) is 11.7 Å². The highest BCUT2D eigenvalue weighted by molar-refractivity contribution is 9.10. The van der Waals surface area contributed by atoms with Crippen molar-refractivity contribution in [2.24, 2.45) is 0 Å². The standard InChI is InChI=1S/C17H13BrN2O3S/c18-11-6-8-12(9-7-11)19-15(21)10-14-16(22)20(17(23)24-14)13-4-2-1-3-5-13/h1-9,14H,10H2,(H,19,21)/t14-/m0/s1. The van der Waals surface area contributed by atoms with Crippen LogP contribution in [0, 0.1) is 0 Å². The Bertz CT molecular complexity index is 780. The summed E-state index contributed by atoms with van der Waals surface area (Å²) in [6.07, 6.45) is -0.0470. The third-order valence-electron chi connectivity index (χ3n) is 3.43. The molecule has 0 aromatic heterocycles. The molecule has 122 valence electrons. The SMILES string of the molecule is O=C(C[C@@H]1SC(=O)N(c2ccccc2)C1=O)Nc1ccc(Br)cc1.